The van der Waals surface area contributed by atoms with Gasteiger partial charge in [0, 0.05) is 25.7 Å². The number of aliphatic hydroxyl groups is 1. The number of hydrogen-bond donors (Lipinski definition) is 2. The van der Waals surface area contributed by atoms with Crippen LogP contribution in [0.25, 0.3) is 0 Å². The molecule has 2 unspecified atom stereocenters. The normalized spacial score (nSPS) is 21.4. The molecule has 0 aliphatic carbocycles. The van der Waals surface area contributed by atoms with Gasteiger partial charge in [-0.3, -0.25) is 4.79 Å². The van der Waals surface area contributed by atoms with Crippen LogP contribution in [-0.2, 0) is 9.53 Å². The van der Waals surface area contributed by atoms with Crippen molar-refractivity contribution in [1.29, 1.82) is 0 Å². The van der Waals surface area contributed by atoms with Crippen molar-refractivity contribution in [3.63, 3.8) is 0 Å². The zero-order valence-electron chi connectivity index (χ0n) is 12.0. The minimum absolute atomic E-state index is 0.000989. The second kappa shape index (κ2) is 6.53. The predicted molar refractivity (Wildman–Crippen MR) is 71.2 cm³/mol. The van der Waals surface area contributed by atoms with E-state index in [9.17, 15) is 9.90 Å². The largest absolute Gasteiger partial charge is 0.391 e. The molecule has 18 heavy (non-hydrogen) atoms. The Bertz CT molecular complexity index is 267. The number of ether oxygens (including phenoxy) is 1. The summed E-state index contributed by atoms with van der Waals surface area (Å²) in [6.45, 7) is 9.70. The third kappa shape index (κ3) is 4.58. The molecule has 0 spiro atoms. The van der Waals surface area contributed by atoms with Crippen molar-refractivity contribution in [2.75, 3.05) is 19.8 Å². The third-order valence-electron chi connectivity index (χ3n) is 3.86. The molecule has 106 valence electrons. The van der Waals surface area contributed by atoms with Crippen LogP contribution >= 0.6 is 0 Å². The summed E-state index contributed by atoms with van der Waals surface area (Å²) in [6, 6.07) is 0. The number of carbonyl (C=O) groups excluding carboxylic acids is 1. The zero-order valence-corrected chi connectivity index (χ0v) is 12.0. The summed E-state index contributed by atoms with van der Waals surface area (Å²) in [5, 5.41) is 12.7. The van der Waals surface area contributed by atoms with Gasteiger partial charge in [0.1, 0.15) is 0 Å². The number of nitrogens with one attached hydrogen (secondary N) is 1. The topological polar surface area (TPSA) is 58.6 Å². The van der Waals surface area contributed by atoms with Gasteiger partial charge in [-0.15, -0.1) is 0 Å². The molecule has 1 heterocycles. The summed E-state index contributed by atoms with van der Waals surface area (Å²) < 4.78 is 5.30. The van der Waals surface area contributed by atoms with Gasteiger partial charge < -0.3 is 15.2 Å². The van der Waals surface area contributed by atoms with Crippen LogP contribution in [-0.4, -0.2) is 36.9 Å². The molecular weight excluding hydrogens is 230 g/mol. The average Bonchev–Trinajstić information content (AvgIpc) is 2.34. The maximum absolute atomic E-state index is 12.0. The molecule has 0 bridgehead atoms. The summed E-state index contributed by atoms with van der Waals surface area (Å²) in [5.41, 5.74) is -0.199. The predicted octanol–water partition coefficient (Wildman–Crippen LogP) is 1.57. The van der Waals surface area contributed by atoms with Crippen molar-refractivity contribution in [3.8, 4) is 0 Å². The van der Waals surface area contributed by atoms with Gasteiger partial charge in [0.2, 0.25) is 5.91 Å². The first kappa shape index (κ1) is 15.4. The summed E-state index contributed by atoms with van der Waals surface area (Å²) in [5.74, 6) is 0.455. The molecule has 1 rings (SSSR count). The molecule has 4 nitrogen and oxygen atoms in total. The van der Waals surface area contributed by atoms with Crippen molar-refractivity contribution in [2.24, 2.45) is 17.3 Å². The zero-order chi connectivity index (χ0) is 13.8. The van der Waals surface area contributed by atoms with E-state index < -0.39 is 6.10 Å². The van der Waals surface area contributed by atoms with Crippen LogP contribution in [0.1, 0.15) is 40.5 Å². The third-order valence-corrected chi connectivity index (χ3v) is 3.86. The fraction of sp³-hybridized carbons (Fsp3) is 0.929. The smallest absolute Gasteiger partial charge is 0.223 e. The van der Waals surface area contributed by atoms with Gasteiger partial charge in [0.25, 0.3) is 0 Å². The van der Waals surface area contributed by atoms with E-state index >= 15 is 0 Å². The van der Waals surface area contributed by atoms with Gasteiger partial charge in [-0.2, -0.15) is 0 Å². The van der Waals surface area contributed by atoms with Crippen LogP contribution in [0.3, 0.4) is 0 Å². The molecule has 1 saturated heterocycles. The Kier molecular flexibility index (Phi) is 5.60. The van der Waals surface area contributed by atoms with Crippen LogP contribution in [0, 0.1) is 17.3 Å². The Hall–Kier alpha value is -0.610. The van der Waals surface area contributed by atoms with Gasteiger partial charge in [-0.1, -0.05) is 27.7 Å². The molecular formula is C14H27NO3. The fourth-order valence-electron chi connectivity index (χ4n) is 2.09. The lowest BCUT2D eigenvalue weighted by Crippen LogP contribution is -2.42. The monoisotopic (exact) mass is 257 g/mol. The van der Waals surface area contributed by atoms with Gasteiger partial charge >= 0.3 is 0 Å². The molecule has 0 aromatic rings. The van der Waals surface area contributed by atoms with Crippen molar-refractivity contribution in [1.82, 2.24) is 5.32 Å². The van der Waals surface area contributed by atoms with Crippen molar-refractivity contribution in [2.45, 2.75) is 46.6 Å². The minimum atomic E-state index is -0.511. The Balaban J connectivity index is 2.35. The van der Waals surface area contributed by atoms with E-state index in [0.29, 0.717) is 12.5 Å². The molecule has 0 radical (unpaired) electrons. The van der Waals surface area contributed by atoms with E-state index in [-0.39, 0.29) is 17.2 Å². The second-order valence-electron chi connectivity index (χ2n) is 6.37. The number of aliphatic hydroxyl groups excluding tert-OH is 1. The molecule has 1 fully saturated rings. The Morgan fingerprint density at radius 3 is 2.44 bits per heavy atom. The second-order valence-corrected chi connectivity index (χ2v) is 6.37. The highest BCUT2D eigenvalue weighted by molar-refractivity contribution is 5.78. The first-order valence-corrected chi connectivity index (χ1v) is 6.86. The number of amides is 1. The Morgan fingerprint density at radius 2 is 1.94 bits per heavy atom. The van der Waals surface area contributed by atoms with Crippen LogP contribution in [0.4, 0.5) is 0 Å². The Morgan fingerprint density at radius 1 is 1.39 bits per heavy atom. The van der Waals surface area contributed by atoms with Crippen molar-refractivity contribution < 1.29 is 14.6 Å². The molecule has 0 aromatic heterocycles. The number of hydrogen-bond acceptors (Lipinski definition) is 3. The van der Waals surface area contributed by atoms with Gasteiger partial charge in [-0.05, 0) is 24.2 Å². The van der Waals surface area contributed by atoms with Crippen molar-refractivity contribution >= 4 is 5.91 Å². The van der Waals surface area contributed by atoms with E-state index in [2.05, 4.69) is 5.32 Å². The van der Waals surface area contributed by atoms with E-state index in [4.69, 9.17) is 4.74 Å². The fourth-order valence-corrected chi connectivity index (χ4v) is 2.09. The maximum atomic E-state index is 12.0. The SMILES string of the molecule is CC(C(=O)NCC(O)C(C)(C)C)C1CCOCC1. The lowest BCUT2D eigenvalue weighted by Gasteiger charge is -2.29. The van der Waals surface area contributed by atoms with Gasteiger partial charge in [0.15, 0.2) is 0 Å². The number of carbonyl (C=O) groups is 1. The molecule has 1 amide bonds. The highest BCUT2D eigenvalue weighted by Gasteiger charge is 2.27. The van der Waals surface area contributed by atoms with Crippen molar-refractivity contribution in [3.05, 3.63) is 0 Å². The average molecular weight is 257 g/mol. The minimum Gasteiger partial charge on any atom is -0.391 e. The van der Waals surface area contributed by atoms with Crippen LogP contribution < -0.4 is 5.32 Å². The highest BCUT2D eigenvalue weighted by atomic mass is 16.5. The van der Waals surface area contributed by atoms with Crippen LogP contribution in [0.2, 0.25) is 0 Å². The standard InChI is InChI=1S/C14H27NO3/c1-10(11-5-7-18-8-6-11)13(17)15-9-12(16)14(2,3)4/h10-12,16H,5-9H2,1-4H3,(H,15,17). The van der Waals surface area contributed by atoms with E-state index in [1.807, 2.05) is 27.7 Å². The van der Waals surface area contributed by atoms with Gasteiger partial charge in [-0.25, -0.2) is 0 Å². The van der Waals surface area contributed by atoms with Crippen LogP contribution in [0.15, 0.2) is 0 Å². The lowest BCUT2D eigenvalue weighted by molar-refractivity contribution is -0.128. The van der Waals surface area contributed by atoms with E-state index in [0.717, 1.165) is 26.1 Å². The first-order chi connectivity index (χ1) is 8.32. The van der Waals surface area contributed by atoms with E-state index in [1.165, 1.54) is 0 Å². The lowest BCUT2D eigenvalue weighted by atomic mass is 9.86. The summed E-state index contributed by atoms with van der Waals surface area (Å²) in [4.78, 5) is 12.0. The molecule has 1 aliphatic heterocycles. The molecule has 0 aromatic carbocycles. The van der Waals surface area contributed by atoms with Crippen LogP contribution in [0.5, 0.6) is 0 Å². The molecule has 0 saturated carbocycles. The first-order valence-electron chi connectivity index (χ1n) is 6.86. The highest BCUT2D eigenvalue weighted by Crippen LogP contribution is 2.24. The summed E-state index contributed by atoms with van der Waals surface area (Å²) >= 11 is 0. The maximum Gasteiger partial charge on any atom is 0.223 e. The molecule has 2 N–H and O–H groups in total. The molecule has 2 atom stereocenters. The van der Waals surface area contributed by atoms with Gasteiger partial charge in [0.05, 0.1) is 6.10 Å². The summed E-state index contributed by atoms with van der Waals surface area (Å²) in [6.07, 6.45) is 1.40. The quantitative estimate of drug-likeness (QED) is 0.804. The van der Waals surface area contributed by atoms with E-state index in [1.54, 1.807) is 0 Å². The summed E-state index contributed by atoms with van der Waals surface area (Å²) in [7, 11) is 0. The molecule has 1 aliphatic rings. The Labute approximate surface area is 110 Å². The number of rotatable bonds is 4. The molecule has 4 heteroatoms.